The highest BCUT2D eigenvalue weighted by Gasteiger charge is 2.36. The molecule has 0 bridgehead atoms. The van der Waals surface area contributed by atoms with Crippen LogP contribution in [0.1, 0.15) is 12.8 Å². The zero-order valence-corrected chi connectivity index (χ0v) is 9.05. The summed E-state index contributed by atoms with van der Waals surface area (Å²) in [5.74, 6) is -0.0307. The lowest BCUT2D eigenvalue weighted by atomic mass is 9.83. The van der Waals surface area contributed by atoms with E-state index in [4.69, 9.17) is 4.18 Å². The van der Waals surface area contributed by atoms with Gasteiger partial charge in [-0.15, -0.1) is 0 Å². The van der Waals surface area contributed by atoms with Crippen molar-refractivity contribution in [3.8, 4) is 0 Å². The molecule has 1 rings (SSSR count). The summed E-state index contributed by atoms with van der Waals surface area (Å²) in [5, 5.41) is 0. The smallest absolute Gasteiger partial charge is 0.308 e. The van der Waals surface area contributed by atoms with Crippen molar-refractivity contribution < 1.29 is 13.7 Å². The molecule has 0 amide bonds. The van der Waals surface area contributed by atoms with E-state index in [2.05, 4.69) is 25.9 Å². The highest BCUT2D eigenvalue weighted by molar-refractivity contribution is 14.2. The minimum absolute atomic E-state index is 0.0774. The zero-order valence-electron chi connectivity index (χ0n) is 6.08. The molecule has 3 nitrogen and oxygen atoms in total. The van der Waals surface area contributed by atoms with Crippen LogP contribution in [-0.4, -0.2) is 19.2 Å². The second kappa shape index (κ2) is 4.51. The number of ether oxygens (including phenoxy) is 1. The van der Waals surface area contributed by atoms with Crippen LogP contribution in [0.25, 0.3) is 0 Å². The molecule has 64 valence electrons. The number of carbonyl (C=O) groups is 1. The van der Waals surface area contributed by atoms with E-state index in [0.717, 1.165) is 12.8 Å². The van der Waals surface area contributed by atoms with Gasteiger partial charge in [-0.3, -0.25) is 4.79 Å². The van der Waals surface area contributed by atoms with E-state index < -0.39 is 0 Å². The Morgan fingerprint density at radius 1 is 1.64 bits per heavy atom. The van der Waals surface area contributed by atoms with Crippen molar-refractivity contribution in [3.63, 3.8) is 0 Å². The van der Waals surface area contributed by atoms with E-state index >= 15 is 0 Å². The molecule has 0 aromatic rings. The Morgan fingerprint density at radius 2 is 2.27 bits per heavy atom. The summed E-state index contributed by atoms with van der Waals surface area (Å²) in [6.07, 6.45) is 1.87. The quantitative estimate of drug-likeness (QED) is 0.452. The van der Waals surface area contributed by atoms with E-state index in [9.17, 15) is 4.79 Å². The lowest BCUT2D eigenvalue weighted by molar-refractivity contribution is -0.151. The number of rotatable bonds is 3. The lowest BCUT2D eigenvalue weighted by Gasteiger charge is -2.31. The summed E-state index contributed by atoms with van der Waals surface area (Å²) in [7, 11) is 2.75. The average Bonchev–Trinajstić information content (AvgIpc) is 1.94. The maximum atomic E-state index is 10.9. The number of hydrogen-bond acceptors (Lipinski definition) is 4. The maximum Gasteiger partial charge on any atom is 0.308 e. The molecule has 0 N–H and O–H groups in total. The van der Waals surface area contributed by atoms with Crippen molar-refractivity contribution in [1.82, 2.24) is 0 Å². The topological polar surface area (TPSA) is 35.5 Å². The normalized spacial score (nSPS) is 29.3. The summed E-state index contributed by atoms with van der Waals surface area (Å²) in [6.45, 7) is 0. The third-order valence-corrected chi connectivity index (χ3v) is 2.77. The van der Waals surface area contributed by atoms with Crippen LogP contribution in [0, 0.1) is 5.92 Å². The molecule has 1 aliphatic carbocycles. The third kappa shape index (κ3) is 2.48. The maximum absolute atomic E-state index is 10.9. The van der Waals surface area contributed by atoms with Gasteiger partial charge in [0.25, 0.3) is 0 Å². The molecule has 1 fully saturated rings. The second-order valence-corrected chi connectivity index (χ2v) is 3.87. The van der Waals surface area contributed by atoms with Gasteiger partial charge >= 0.3 is 5.97 Å². The molecule has 1 saturated carbocycles. The summed E-state index contributed by atoms with van der Waals surface area (Å²) in [4.78, 5) is 10.9. The van der Waals surface area contributed by atoms with Crippen LogP contribution < -0.4 is 0 Å². The fourth-order valence-electron chi connectivity index (χ4n) is 1.05. The number of carbonyl (C=O) groups excluding carboxylic acids is 1. The van der Waals surface area contributed by atoms with Crippen LogP contribution in [-0.2, 0) is 13.7 Å². The Kier molecular flexibility index (Phi) is 3.94. The van der Waals surface area contributed by atoms with E-state index in [1.165, 1.54) is 16.3 Å². The van der Waals surface area contributed by atoms with Gasteiger partial charge < -0.3 is 8.92 Å². The number of esters is 1. The minimum Gasteiger partial charge on any atom is -0.469 e. The van der Waals surface area contributed by atoms with Crippen LogP contribution in [0.3, 0.4) is 0 Å². The minimum atomic E-state index is -0.108. The Balaban J connectivity index is 2.13. The van der Waals surface area contributed by atoms with Crippen molar-refractivity contribution >= 4 is 36.4 Å². The highest BCUT2D eigenvalue weighted by atomic mass is 127. The molecule has 0 heterocycles. The Morgan fingerprint density at radius 3 is 2.73 bits per heavy atom. The first-order valence-electron chi connectivity index (χ1n) is 3.29. The fraction of sp³-hybridized carbons (Fsp3) is 0.833. The molecule has 0 radical (unpaired) electrons. The molecule has 0 aliphatic heterocycles. The zero-order chi connectivity index (χ0) is 8.27. The Bertz CT molecular complexity index is 147. The van der Waals surface area contributed by atoms with Gasteiger partial charge in [-0.25, -0.2) is 0 Å². The molecular weight excluding hydrogens is 279 g/mol. The van der Waals surface area contributed by atoms with Gasteiger partial charge in [0.1, 0.15) is 0 Å². The molecule has 0 aromatic heterocycles. The second-order valence-electron chi connectivity index (χ2n) is 2.47. The van der Waals surface area contributed by atoms with E-state index in [0.29, 0.717) is 0 Å². The molecular formula is C6H9IO3S. The van der Waals surface area contributed by atoms with Crippen molar-refractivity contribution in [3.05, 3.63) is 0 Å². The van der Waals surface area contributed by atoms with E-state index in [-0.39, 0.29) is 18.0 Å². The van der Waals surface area contributed by atoms with Crippen molar-refractivity contribution in [2.75, 3.05) is 7.11 Å². The Hall–Kier alpha value is 0.510. The predicted octanol–water partition coefficient (Wildman–Crippen LogP) is 1.95. The standard InChI is InChI=1S/C6H9IO3S/c1-9-6(8)4-2-5(3-4)10-11-7/h4-5H,2-3H2,1H3. The first-order valence-corrected chi connectivity index (χ1v) is 6.58. The van der Waals surface area contributed by atoms with Crippen LogP contribution in [0.2, 0.25) is 0 Å². The monoisotopic (exact) mass is 288 g/mol. The third-order valence-electron chi connectivity index (χ3n) is 1.80. The summed E-state index contributed by atoms with van der Waals surface area (Å²) in [6, 6.07) is 0. The molecule has 5 heteroatoms. The fourth-order valence-corrected chi connectivity index (χ4v) is 2.20. The summed E-state index contributed by atoms with van der Waals surface area (Å²) in [5.41, 5.74) is 0. The first-order chi connectivity index (χ1) is 5.27. The molecule has 0 spiro atoms. The Labute approximate surface area is 82.0 Å². The van der Waals surface area contributed by atoms with Gasteiger partial charge in [0, 0.05) is 21.2 Å². The first kappa shape index (κ1) is 9.60. The van der Waals surface area contributed by atoms with Crippen molar-refractivity contribution in [2.24, 2.45) is 5.92 Å². The lowest BCUT2D eigenvalue weighted by Crippen LogP contribution is -2.35. The molecule has 0 saturated heterocycles. The van der Waals surface area contributed by atoms with Gasteiger partial charge in [0.05, 0.1) is 28.3 Å². The van der Waals surface area contributed by atoms with Gasteiger partial charge in [-0.1, -0.05) is 0 Å². The number of methoxy groups -OCH3 is 1. The van der Waals surface area contributed by atoms with Gasteiger partial charge in [-0.2, -0.15) is 0 Å². The number of halogens is 1. The van der Waals surface area contributed by atoms with Crippen LogP contribution >= 0.6 is 30.4 Å². The predicted molar refractivity (Wildman–Crippen MR) is 51.2 cm³/mol. The largest absolute Gasteiger partial charge is 0.469 e. The van der Waals surface area contributed by atoms with Crippen LogP contribution in [0.15, 0.2) is 0 Å². The summed E-state index contributed by atoms with van der Waals surface area (Å²) < 4.78 is 9.78. The molecule has 1 aliphatic rings. The van der Waals surface area contributed by atoms with Gasteiger partial charge in [0.15, 0.2) is 0 Å². The van der Waals surface area contributed by atoms with Crippen LogP contribution in [0.5, 0.6) is 0 Å². The highest BCUT2D eigenvalue weighted by Crippen LogP contribution is 2.34. The summed E-state index contributed by atoms with van der Waals surface area (Å²) >= 11 is 2.07. The van der Waals surface area contributed by atoms with E-state index in [1.807, 2.05) is 0 Å². The van der Waals surface area contributed by atoms with Gasteiger partial charge in [-0.05, 0) is 12.8 Å². The molecule has 0 unspecified atom stereocenters. The SMILES string of the molecule is COC(=O)C1CC(OSI)C1. The van der Waals surface area contributed by atoms with E-state index in [1.54, 1.807) is 0 Å². The molecule has 11 heavy (non-hydrogen) atoms. The van der Waals surface area contributed by atoms with Crippen LogP contribution in [0.4, 0.5) is 0 Å². The van der Waals surface area contributed by atoms with Crippen molar-refractivity contribution in [1.29, 1.82) is 0 Å². The van der Waals surface area contributed by atoms with Gasteiger partial charge in [0.2, 0.25) is 0 Å². The average molecular weight is 288 g/mol. The molecule has 0 atom stereocenters. The molecule has 0 aromatic carbocycles. The van der Waals surface area contributed by atoms with Crippen molar-refractivity contribution in [2.45, 2.75) is 18.9 Å². The number of hydrogen-bond donors (Lipinski definition) is 0.